The summed E-state index contributed by atoms with van der Waals surface area (Å²) in [4.78, 5) is 4.36. The summed E-state index contributed by atoms with van der Waals surface area (Å²) in [6.45, 7) is 2.07. The van der Waals surface area contributed by atoms with E-state index in [-0.39, 0.29) is 0 Å². The zero-order valence-electron chi connectivity index (χ0n) is 11.4. The van der Waals surface area contributed by atoms with Gasteiger partial charge in [-0.1, -0.05) is 48.5 Å². The van der Waals surface area contributed by atoms with Crippen molar-refractivity contribution in [2.45, 2.75) is 6.92 Å². The maximum atomic E-state index is 4.36. The van der Waals surface area contributed by atoms with Gasteiger partial charge in [-0.3, -0.25) is 0 Å². The van der Waals surface area contributed by atoms with Gasteiger partial charge in [-0.15, -0.1) is 0 Å². The Morgan fingerprint density at radius 2 is 1.60 bits per heavy atom. The molecule has 1 aromatic heterocycles. The van der Waals surface area contributed by atoms with Crippen LogP contribution in [0.4, 0.5) is 11.5 Å². The van der Waals surface area contributed by atoms with Crippen molar-refractivity contribution in [1.29, 1.82) is 0 Å². The standard InChI is InChI=1S/C18H16N2/c1-14-11-12-19-18(13-14)20-17-10-6-5-9-16(17)15-7-3-2-4-8-15/h2-13H,1H3,(H,19,20). The van der Waals surface area contributed by atoms with Crippen LogP contribution >= 0.6 is 0 Å². The summed E-state index contributed by atoms with van der Waals surface area (Å²) in [5, 5.41) is 3.40. The number of nitrogens with zero attached hydrogens (tertiary/aromatic N) is 1. The predicted octanol–water partition coefficient (Wildman–Crippen LogP) is 4.80. The summed E-state index contributed by atoms with van der Waals surface area (Å²) in [6.07, 6.45) is 1.82. The third-order valence-electron chi connectivity index (χ3n) is 3.19. The van der Waals surface area contributed by atoms with Gasteiger partial charge in [0.05, 0.1) is 0 Å². The third kappa shape index (κ3) is 2.69. The number of pyridine rings is 1. The normalized spacial score (nSPS) is 10.2. The Kier molecular flexibility index (Phi) is 3.46. The number of benzene rings is 2. The monoisotopic (exact) mass is 260 g/mol. The molecule has 0 bridgehead atoms. The minimum Gasteiger partial charge on any atom is -0.340 e. The highest BCUT2D eigenvalue weighted by Gasteiger charge is 2.04. The molecule has 98 valence electrons. The molecular weight excluding hydrogens is 244 g/mol. The summed E-state index contributed by atoms with van der Waals surface area (Å²) < 4.78 is 0. The predicted molar refractivity (Wildman–Crippen MR) is 84.1 cm³/mol. The van der Waals surface area contributed by atoms with Gasteiger partial charge < -0.3 is 5.32 Å². The van der Waals surface area contributed by atoms with Gasteiger partial charge in [0.1, 0.15) is 5.82 Å². The number of nitrogens with one attached hydrogen (secondary N) is 1. The van der Waals surface area contributed by atoms with Crippen LogP contribution in [0.1, 0.15) is 5.56 Å². The Labute approximate surface area is 119 Å². The van der Waals surface area contributed by atoms with Crippen molar-refractivity contribution < 1.29 is 0 Å². The topological polar surface area (TPSA) is 24.9 Å². The maximum absolute atomic E-state index is 4.36. The molecule has 2 nitrogen and oxygen atoms in total. The highest BCUT2D eigenvalue weighted by molar-refractivity contribution is 5.80. The number of para-hydroxylation sites is 1. The average Bonchev–Trinajstić information content (AvgIpc) is 2.49. The first kappa shape index (κ1) is 12.4. The van der Waals surface area contributed by atoms with Crippen LogP contribution in [0.15, 0.2) is 72.9 Å². The zero-order chi connectivity index (χ0) is 13.8. The Morgan fingerprint density at radius 3 is 2.40 bits per heavy atom. The summed E-state index contributed by atoms with van der Waals surface area (Å²) in [5.41, 5.74) is 4.64. The fourth-order valence-electron chi connectivity index (χ4n) is 2.20. The van der Waals surface area contributed by atoms with Crippen LogP contribution in [0.3, 0.4) is 0 Å². The molecule has 0 unspecified atom stereocenters. The van der Waals surface area contributed by atoms with E-state index in [9.17, 15) is 0 Å². The van der Waals surface area contributed by atoms with Crippen molar-refractivity contribution in [2.75, 3.05) is 5.32 Å². The lowest BCUT2D eigenvalue weighted by molar-refractivity contribution is 1.27. The summed E-state index contributed by atoms with van der Waals surface area (Å²) in [5.74, 6) is 0.869. The molecular formula is C18H16N2. The van der Waals surface area contributed by atoms with E-state index in [4.69, 9.17) is 0 Å². The lowest BCUT2D eigenvalue weighted by Crippen LogP contribution is -1.95. The Hall–Kier alpha value is -2.61. The van der Waals surface area contributed by atoms with Gasteiger partial charge in [-0.05, 0) is 36.2 Å². The molecule has 0 saturated heterocycles. The summed E-state index contributed by atoms with van der Waals surface area (Å²) >= 11 is 0. The quantitative estimate of drug-likeness (QED) is 0.731. The van der Waals surface area contributed by atoms with Crippen molar-refractivity contribution in [1.82, 2.24) is 4.98 Å². The van der Waals surface area contributed by atoms with Crippen LogP contribution in [0.5, 0.6) is 0 Å². The molecule has 2 aromatic carbocycles. The van der Waals surface area contributed by atoms with Gasteiger partial charge in [0.2, 0.25) is 0 Å². The number of aryl methyl sites for hydroxylation is 1. The first-order chi connectivity index (χ1) is 9.83. The highest BCUT2D eigenvalue weighted by atomic mass is 15.0. The average molecular weight is 260 g/mol. The summed E-state index contributed by atoms with van der Waals surface area (Å²) in [6, 6.07) is 22.7. The first-order valence-electron chi connectivity index (χ1n) is 6.67. The lowest BCUT2D eigenvalue weighted by Gasteiger charge is -2.12. The van der Waals surface area contributed by atoms with E-state index in [0.29, 0.717) is 0 Å². The second-order valence-corrected chi connectivity index (χ2v) is 4.76. The fraction of sp³-hybridized carbons (Fsp3) is 0.0556. The molecule has 2 heteroatoms. The minimum absolute atomic E-state index is 0.869. The SMILES string of the molecule is Cc1ccnc(Nc2ccccc2-c2ccccc2)c1. The summed E-state index contributed by atoms with van der Waals surface area (Å²) in [7, 11) is 0. The number of rotatable bonds is 3. The second-order valence-electron chi connectivity index (χ2n) is 4.76. The number of aromatic nitrogens is 1. The number of hydrogen-bond acceptors (Lipinski definition) is 2. The Morgan fingerprint density at radius 1 is 0.850 bits per heavy atom. The van der Waals surface area contributed by atoms with Crippen LogP contribution in [0.25, 0.3) is 11.1 Å². The van der Waals surface area contributed by atoms with Gasteiger partial charge >= 0.3 is 0 Å². The van der Waals surface area contributed by atoms with Crippen LogP contribution < -0.4 is 5.32 Å². The second kappa shape index (κ2) is 5.57. The van der Waals surface area contributed by atoms with E-state index in [2.05, 4.69) is 59.7 Å². The molecule has 0 saturated carbocycles. The van der Waals surface area contributed by atoms with E-state index in [1.54, 1.807) is 0 Å². The van der Waals surface area contributed by atoms with Crippen LogP contribution in [0, 0.1) is 6.92 Å². The van der Waals surface area contributed by atoms with Gasteiger partial charge in [0.15, 0.2) is 0 Å². The smallest absolute Gasteiger partial charge is 0.130 e. The molecule has 0 spiro atoms. The largest absolute Gasteiger partial charge is 0.340 e. The molecule has 0 fully saturated rings. The highest BCUT2D eigenvalue weighted by Crippen LogP contribution is 2.29. The van der Waals surface area contributed by atoms with E-state index in [1.165, 1.54) is 16.7 Å². The number of hydrogen-bond donors (Lipinski definition) is 1. The van der Waals surface area contributed by atoms with Gasteiger partial charge in [-0.2, -0.15) is 0 Å². The maximum Gasteiger partial charge on any atom is 0.130 e. The molecule has 1 N–H and O–H groups in total. The van der Waals surface area contributed by atoms with Crippen molar-refractivity contribution >= 4 is 11.5 Å². The van der Waals surface area contributed by atoms with Gasteiger partial charge in [-0.25, -0.2) is 4.98 Å². The molecule has 0 radical (unpaired) electrons. The third-order valence-corrected chi connectivity index (χ3v) is 3.19. The molecule has 20 heavy (non-hydrogen) atoms. The van der Waals surface area contributed by atoms with Crippen LogP contribution in [-0.2, 0) is 0 Å². The van der Waals surface area contributed by atoms with Crippen LogP contribution in [-0.4, -0.2) is 4.98 Å². The van der Waals surface area contributed by atoms with Crippen molar-refractivity contribution in [2.24, 2.45) is 0 Å². The van der Waals surface area contributed by atoms with E-state index >= 15 is 0 Å². The molecule has 3 aromatic rings. The van der Waals surface area contributed by atoms with E-state index < -0.39 is 0 Å². The fourth-order valence-corrected chi connectivity index (χ4v) is 2.20. The van der Waals surface area contributed by atoms with E-state index in [0.717, 1.165) is 11.5 Å². The molecule has 0 aliphatic heterocycles. The van der Waals surface area contributed by atoms with Crippen molar-refractivity contribution in [3.05, 3.63) is 78.5 Å². The van der Waals surface area contributed by atoms with Gasteiger partial charge in [0, 0.05) is 17.4 Å². The zero-order valence-corrected chi connectivity index (χ0v) is 11.4. The van der Waals surface area contributed by atoms with Crippen molar-refractivity contribution in [3.63, 3.8) is 0 Å². The van der Waals surface area contributed by atoms with Crippen molar-refractivity contribution in [3.8, 4) is 11.1 Å². The van der Waals surface area contributed by atoms with Crippen LogP contribution in [0.2, 0.25) is 0 Å². The molecule has 1 heterocycles. The van der Waals surface area contributed by atoms with Gasteiger partial charge in [0.25, 0.3) is 0 Å². The molecule has 0 aliphatic rings. The Balaban J connectivity index is 1.99. The molecule has 3 rings (SSSR count). The minimum atomic E-state index is 0.869. The lowest BCUT2D eigenvalue weighted by atomic mass is 10.0. The molecule has 0 atom stereocenters. The number of anilines is 2. The molecule has 0 amide bonds. The molecule has 0 aliphatic carbocycles. The Bertz CT molecular complexity index is 705. The van der Waals surface area contributed by atoms with E-state index in [1.807, 2.05) is 30.5 Å². The first-order valence-corrected chi connectivity index (χ1v) is 6.67.